The summed E-state index contributed by atoms with van der Waals surface area (Å²) >= 11 is 0. The summed E-state index contributed by atoms with van der Waals surface area (Å²) in [7, 11) is 0. The SMILES string of the molecule is CC(C)c1cnn2c(NC(C)c3ccccc3N3CCC3)nc(OC3CCCNC3)nc12. The summed E-state index contributed by atoms with van der Waals surface area (Å²) in [4.78, 5) is 11.9. The highest BCUT2D eigenvalue weighted by molar-refractivity contribution is 5.59. The molecule has 5 rings (SSSR count). The number of nitrogens with zero attached hydrogens (tertiary/aromatic N) is 5. The number of piperidine rings is 1. The van der Waals surface area contributed by atoms with Crippen molar-refractivity contribution >= 4 is 17.3 Å². The Hall–Kier alpha value is -2.87. The molecule has 8 heteroatoms. The lowest BCUT2D eigenvalue weighted by atomic mass is 10.0. The van der Waals surface area contributed by atoms with Gasteiger partial charge >= 0.3 is 6.01 Å². The number of aromatic nitrogens is 4. The van der Waals surface area contributed by atoms with E-state index in [1.54, 1.807) is 0 Å². The zero-order valence-electron chi connectivity index (χ0n) is 19.2. The highest BCUT2D eigenvalue weighted by atomic mass is 16.5. The quantitative estimate of drug-likeness (QED) is 0.585. The van der Waals surface area contributed by atoms with Gasteiger partial charge in [-0.05, 0) is 50.3 Å². The number of ether oxygens (including phenoxy) is 1. The lowest BCUT2D eigenvalue weighted by Crippen LogP contribution is -2.38. The first-order chi connectivity index (χ1) is 15.6. The molecule has 0 aliphatic carbocycles. The summed E-state index contributed by atoms with van der Waals surface area (Å²) in [5.41, 5.74) is 4.45. The first kappa shape index (κ1) is 21.0. The van der Waals surface area contributed by atoms with Gasteiger partial charge in [-0.25, -0.2) is 0 Å². The van der Waals surface area contributed by atoms with Crippen molar-refractivity contribution in [3.8, 4) is 6.01 Å². The number of fused-ring (bicyclic) bond motifs is 1. The molecule has 0 amide bonds. The molecule has 2 saturated heterocycles. The average Bonchev–Trinajstić information content (AvgIpc) is 3.18. The van der Waals surface area contributed by atoms with Crippen molar-refractivity contribution in [1.29, 1.82) is 0 Å². The molecule has 0 bridgehead atoms. The molecule has 2 aliphatic heterocycles. The van der Waals surface area contributed by atoms with E-state index >= 15 is 0 Å². The summed E-state index contributed by atoms with van der Waals surface area (Å²) in [6, 6.07) is 9.08. The second-order valence-electron chi connectivity index (χ2n) is 9.17. The Morgan fingerprint density at radius 2 is 1.94 bits per heavy atom. The summed E-state index contributed by atoms with van der Waals surface area (Å²) in [5, 5.41) is 11.6. The lowest BCUT2D eigenvalue weighted by Gasteiger charge is -2.36. The molecule has 2 atom stereocenters. The van der Waals surface area contributed by atoms with Crippen LogP contribution in [-0.2, 0) is 0 Å². The maximum atomic E-state index is 6.21. The van der Waals surface area contributed by atoms with Crippen molar-refractivity contribution in [2.24, 2.45) is 0 Å². The molecule has 2 fully saturated rings. The Labute approximate surface area is 189 Å². The van der Waals surface area contributed by atoms with E-state index in [1.165, 1.54) is 17.7 Å². The maximum Gasteiger partial charge on any atom is 0.322 e. The van der Waals surface area contributed by atoms with Crippen molar-refractivity contribution in [2.75, 3.05) is 36.4 Å². The van der Waals surface area contributed by atoms with Crippen LogP contribution in [0.2, 0.25) is 0 Å². The highest BCUT2D eigenvalue weighted by Crippen LogP contribution is 2.32. The van der Waals surface area contributed by atoms with Gasteiger partial charge in [0.25, 0.3) is 0 Å². The summed E-state index contributed by atoms with van der Waals surface area (Å²) < 4.78 is 8.02. The van der Waals surface area contributed by atoms with Gasteiger partial charge in [0.2, 0.25) is 5.95 Å². The molecule has 2 N–H and O–H groups in total. The second-order valence-corrected chi connectivity index (χ2v) is 9.17. The first-order valence-corrected chi connectivity index (χ1v) is 11.8. The van der Waals surface area contributed by atoms with Gasteiger partial charge in [-0.3, -0.25) is 0 Å². The van der Waals surface area contributed by atoms with Crippen LogP contribution in [0.5, 0.6) is 6.01 Å². The zero-order valence-corrected chi connectivity index (χ0v) is 19.2. The van der Waals surface area contributed by atoms with Gasteiger partial charge in [-0.2, -0.15) is 19.6 Å². The number of nitrogens with one attached hydrogen (secondary N) is 2. The van der Waals surface area contributed by atoms with E-state index in [0.29, 0.717) is 17.9 Å². The van der Waals surface area contributed by atoms with Crippen LogP contribution in [0.3, 0.4) is 0 Å². The van der Waals surface area contributed by atoms with E-state index in [-0.39, 0.29) is 12.1 Å². The van der Waals surface area contributed by atoms with Crippen molar-refractivity contribution in [2.45, 2.75) is 58.1 Å². The molecule has 32 heavy (non-hydrogen) atoms. The van der Waals surface area contributed by atoms with Gasteiger partial charge < -0.3 is 20.3 Å². The molecule has 2 aromatic heterocycles. The van der Waals surface area contributed by atoms with Gasteiger partial charge in [-0.1, -0.05) is 32.0 Å². The van der Waals surface area contributed by atoms with E-state index in [1.807, 2.05) is 10.7 Å². The summed E-state index contributed by atoms with van der Waals surface area (Å²) in [6.45, 7) is 10.6. The third-order valence-corrected chi connectivity index (χ3v) is 6.47. The van der Waals surface area contributed by atoms with Crippen molar-refractivity contribution in [1.82, 2.24) is 24.9 Å². The largest absolute Gasteiger partial charge is 0.459 e. The molecule has 170 valence electrons. The molecular formula is C24H33N7O. The molecule has 2 aliphatic rings. The van der Waals surface area contributed by atoms with Crippen LogP contribution in [0.1, 0.15) is 63.1 Å². The van der Waals surface area contributed by atoms with Gasteiger partial charge in [0.05, 0.1) is 12.2 Å². The number of rotatable bonds is 7. The van der Waals surface area contributed by atoms with Crippen LogP contribution < -0.4 is 20.3 Å². The van der Waals surface area contributed by atoms with Crippen molar-refractivity contribution in [3.63, 3.8) is 0 Å². The van der Waals surface area contributed by atoms with Gasteiger partial charge in [0.1, 0.15) is 6.10 Å². The van der Waals surface area contributed by atoms with Gasteiger partial charge in [0.15, 0.2) is 5.65 Å². The van der Waals surface area contributed by atoms with Crippen LogP contribution >= 0.6 is 0 Å². The van der Waals surface area contributed by atoms with E-state index in [4.69, 9.17) is 14.7 Å². The van der Waals surface area contributed by atoms with Crippen molar-refractivity contribution < 1.29 is 4.74 Å². The molecule has 0 spiro atoms. The molecule has 4 heterocycles. The Kier molecular flexibility index (Phi) is 5.87. The van der Waals surface area contributed by atoms with E-state index in [0.717, 1.165) is 50.2 Å². The summed E-state index contributed by atoms with van der Waals surface area (Å²) in [6.07, 6.45) is 5.36. The molecule has 1 aromatic carbocycles. The molecule has 0 radical (unpaired) electrons. The highest BCUT2D eigenvalue weighted by Gasteiger charge is 2.23. The third kappa shape index (κ3) is 4.11. The van der Waals surface area contributed by atoms with Gasteiger partial charge in [-0.15, -0.1) is 0 Å². The zero-order chi connectivity index (χ0) is 22.1. The predicted molar refractivity (Wildman–Crippen MR) is 127 cm³/mol. The standard InChI is InChI=1S/C24H33N7O/c1-16(2)20-15-26-31-22(20)28-24(32-18-8-6-11-25-14-18)29-23(31)27-17(3)19-9-4-5-10-21(19)30-12-7-13-30/h4-5,9-10,15-18,25H,6-8,11-14H2,1-3H3,(H,27,28,29). The third-order valence-electron chi connectivity index (χ3n) is 6.47. The Bertz CT molecular complexity index is 1070. The predicted octanol–water partition coefficient (Wildman–Crippen LogP) is 3.76. The topological polar surface area (TPSA) is 79.6 Å². The van der Waals surface area contributed by atoms with E-state index in [9.17, 15) is 0 Å². The van der Waals surface area contributed by atoms with Crippen LogP contribution in [0.4, 0.5) is 11.6 Å². The molecule has 0 saturated carbocycles. The number of benzene rings is 1. The molecule has 8 nitrogen and oxygen atoms in total. The fraction of sp³-hybridized carbons (Fsp3) is 0.542. The Balaban J connectivity index is 1.48. The number of hydrogen-bond acceptors (Lipinski definition) is 7. The Morgan fingerprint density at radius 3 is 2.66 bits per heavy atom. The fourth-order valence-corrected chi connectivity index (χ4v) is 4.47. The summed E-state index contributed by atoms with van der Waals surface area (Å²) in [5.74, 6) is 0.968. The van der Waals surface area contributed by atoms with E-state index in [2.05, 4.69) is 65.7 Å². The Morgan fingerprint density at radius 1 is 1.09 bits per heavy atom. The number of anilines is 2. The molecular weight excluding hydrogens is 402 g/mol. The van der Waals surface area contributed by atoms with E-state index < -0.39 is 0 Å². The number of hydrogen-bond donors (Lipinski definition) is 2. The monoisotopic (exact) mass is 435 g/mol. The molecule has 3 aromatic rings. The lowest BCUT2D eigenvalue weighted by molar-refractivity contribution is 0.153. The minimum absolute atomic E-state index is 0.0563. The molecule has 2 unspecified atom stereocenters. The minimum atomic E-state index is 0.0563. The smallest absolute Gasteiger partial charge is 0.322 e. The average molecular weight is 436 g/mol. The van der Waals surface area contributed by atoms with Crippen LogP contribution in [0.15, 0.2) is 30.5 Å². The fourth-order valence-electron chi connectivity index (χ4n) is 4.47. The first-order valence-electron chi connectivity index (χ1n) is 11.8. The van der Waals surface area contributed by atoms with Gasteiger partial charge in [0, 0.05) is 30.9 Å². The maximum absolute atomic E-state index is 6.21. The van der Waals surface area contributed by atoms with Crippen LogP contribution in [0.25, 0.3) is 5.65 Å². The van der Waals surface area contributed by atoms with Crippen LogP contribution in [0, 0.1) is 0 Å². The second kappa shape index (κ2) is 8.94. The number of para-hydroxylation sites is 1. The normalized spacial score (nSPS) is 19.8. The minimum Gasteiger partial charge on any atom is -0.459 e. The van der Waals surface area contributed by atoms with Crippen molar-refractivity contribution in [3.05, 3.63) is 41.6 Å². The van der Waals surface area contributed by atoms with Crippen LogP contribution in [-0.4, -0.2) is 51.9 Å².